The van der Waals surface area contributed by atoms with Gasteiger partial charge < -0.3 is 20.5 Å². The molecule has 240 valence electrons. The van der Waals surface area contributed by atoms with Crippen LogP contribution in [-0.2, 0) is 30.5 Å². The number of halogens is 4. The zero-order valence-electron chi connectivity index (χ0n) is 25.3. The Morgan fingerprint density at radius 2 is 1.87 bits per heavy atom. The minimum absolute atomic E-state index is 0.000444. The number of aromatic nitrogens is 2. The summed E-state index contributed by atoms with van der Waals surface area (Å²) < 4.78 is 43.9. The number of nitrogens with one attached hydrogen (secondary N) is 1. The molecule has 0 radical (unpaired) electrons. The minimum atomic E-state index is -4.60. The lowest BCUT2D eigenvalue weighted by Crippen LogP contribution is -2.55. The van der Waals surface area contributed by atoms with E-state index in [1.165, 1.54) is 23.1 Å². The molecular formula is C34H34ClF3N6OS. The van der Waals surface area contributed by atoms with E-state index in [9.17, 15) is 18.0 Å². The van der Waals surface area contributed by atoms with Gasteiger partial charge in [0.1, 0.15) is 5.78 Å². The average Bonchev–Trinajstić information content (AvgIpc) is 3.45. The Morgan fingerprint density at radius 3 is 2.52 bits per heavy atom. The van der Waals surface area contributed by atoms with Gasteiger partial charge in [0, 0.05) is 42.1 Å². The molecule has 0 amide bonds. The predicted molar refractivity (Wildman–Crippen MR) is 177 cm³/mol. The standard InChI is InChI=1S/C34H34ClF3N6OS/c1-3-22(2)31(30(45)16-28-18-41-21-43(28)19-24-13-11-23(17-39)12-14-24)32(40)44(33(46)42-27-9-6-8-26(35)15-27)20-25-7-4-5-10-29(25)34(36,37)38/h4-15,18,21-22,31-32H,3,16,19-20,40H2,1-2H3,(H,42,46)/t22-,31+,32?/m0/s1. The van der Waals surface area contributed by atoms with Crippen LogP contribution >= 0.6 is 23.8 Å². The maximum Gasteiger partial charge on any atom is 0.416 e. The number of hydrogen-bond donors (Lipinski definition) is 2. The van der Waals surface area contributed by atoms with Gasteiger partial charge in [-0.05, 0) is 65.7 Å². The number of thiocarbonyl (C=S) groups is 1. The van der Waals surface area contributed by atoms with Crippen LogP contribution in [0.3, 0.4) is 0 Å². The fourth-order valence-electron chi connectivity index (χ4n) is 5.30. The van der Waals surface area contributed by atoms with Gasteiger partial charge in [-0.1, -0.05) is 68.3 Å². The van der Waals surface area contributed by atoms with Crippen molar-refractivity contribution in [1.82, 2.24) is 14.5 Å². The van der Waals surface area contributed by atoms with E-state index < -0.39 is 23.8 Å². The number of alkyl halides is 3. The SMILES string of the molecule is CC[C@H](C)[C@H](C(=O)Cc1cncn1Cc1ccc(C#N)cc1)C(N)N(Cc1ccccc1C(F)(F)F)C(=S)Nc1cccc(Cl)c1. The van der Waals surface area contributed by atoms with Crippen molar-refractivity contribution >= 4 is 40.4 Å². The second-order valence-corrected chi connectivity index (χ2v) is 11.9. The summed E-state index contributed by atoms with van der Waals surface area (Å²) in [5.41, 5.74) is 8.68. The highest BCUT2D eigenvalue weighted by Crippen LogP contribution is 2.34. The zero-order valence-corrected chi connectivity index (χ0v) is 26.9. The highest BCUT2D eigenvalue weighted by Gasteiger charge is 2.38. The summed E-state index contributed by atoms with van der Waals surface area (Å²) in [4.78, 5) is 19.8. The molecule has 0 saturated carbocycles. The summed E-state index contributed by atoms with van der Waals surface area (Å²) in [6.45, 7) is 3.97. The van der Waals surface area contributed by atoms with Gasteiger partial charge in [-0.25, -0.2) is 4.98 Å². The van der Waals surface area contributed by atoms with E-state index in [-0.39, 0.29) is 35.3 Å². The number of rotatable bonds is 12. The summed E-state index contributed by atoms with van der Waals surface area (Å²) in [7, 11) is 0. The lowest BCUT2D eigenvalue weighted by molar-refractivity contribution is -0.138. The van der Waals surface area contributed by atoms with E-state index in [4.69, 9.17) is 34.8 Å². The van der Waals surface area contributed by atoms with Gasteiger partial charge in [-0.3, -0.25) is 4.79 Å². The number of anilines is 1. The van der Waals surface area contributed by atoms with Crippen LogP contribution in [0.2, 0.25) is 5.02 Å². The Balaban J connectivity index is 1.65. The molecule has 7 nitrogen and oxygen atoms in total. The number of ketones is 1. The number of nitrogens with two attached hydrogens (primary N) is 1. The third-order valence-electron chi connectivity index (χ3n) is 7.95. The lowest BCUT2D eigenvalue weighted by Gasteiger charge is -2.38. The molecule has 4 aromatic rings. The van der Waals surface area contributed by atoms with Gasteiger partial charge in [0.2, 0.25) is 0 Å². The Labute approximate surface area is 276 Å². The van der Waals surface area contributed by atoms with Gasteiger partial charge in [-0.2, -0.15) is 18.4 Å². The Bertz CT molecular complexity index is 1700. The molecule has 1 aromatic heterocycles. The molecule has 1 unspecified atom stereocenters. The first-order valence-corrected chi connectivity index (χ1v) is 15.4. The van der Waals surface area contributed by atoms with Gasteiger partial charge >= 0.3 is 6.18 Å². The number of benzene rings is 3. The number of carbonyl (C=O) groups is 1. The monoisotopic (exact) mass is 666 g/mol. The smallest absolute Gasteiger partial charge is 0.333 e. The first-order valence-electron chi connectivity index (χ1n) is 14.7. The van der Waals surface area contributed by atoms with E-state index in [1.54, 1.807) is 48.9 Å². The average molecular weight is 667 g/mol. The normalized spacial score (nSPS) is 13.3. The van der Waals surface area contributed by atoms with E-state index in [2.05, 4.69) is 16.4 Å². The number of carbonyl (C=O) groups excluding carboxylic acids is 1. The van der Waals surface area contributed by atoms with E-state index in [1.807, 2.05) is 30.5 Å². The summed E-state index contributed by atoms with van der Waals surface area (Å²) in [6.07, 6.45) is -1.84. The zero-order chi connectivity index (χ0) is 33.4. The molecule has 1 heterocycles. The number of nitriles is 1. The van der Waals surface area contributed by atoms with Crippen molar-refractivity contribution in [2.24, 2.45) is 17.6 Å². The van der Waals surface area contributed by atoms with Crippen molar-refractivity contribution in [3.05, 3.63) is 118 Å². The topological polar surface area (TPSA) is 100.0 Å². The maximum absolute atomic E-state index is 14.1. The van der Waals surface area contributed by atoms with Gasteiger partial charge in [0.05, 0.1) is 35.6 Å². The number of imidazole rings is 1. The van der Waals surface area contributed by atoms with Crippen molar-refractivity contribution in [2.75, 3.05) is 5.32 Å². The molecule has 12 heteroatoms. The molecule has 0 aliphatic heterocycles. The molecule has 4 rings (SSSR count). The van der Waals surface area contributed by atoms with Crippen molar-refractivity contribution < 1.29 is 18.0 Å². The van der Waals surface area contributed by atoms with Crippen LogP contribution in [0, 0.1) is 23.2 Å². The van der Waals surface area contributed by atoms with Gasteiger partial charge in [-0.15, -0.1) is 0 Å². The van der Waals surface area contributed by atoms with Crippen molar-refractivity contribution in [3.8, 4) is 6.07 Å². The summed E-state index contributed by atoms with van der Waals surface area (Å²) in [5.74, 6) is -1.21. The molecule has 0 aliphatic carbocycles. The summed E-state index contributed by atoms with van der Waals surface area (Å²) in [5, 5.41) is 12.6. The molecular weight excluding hydrogens is 633 g/mol. The van der Waals surface area contributed by atoms with Crippen LogP contribution in [0.4, 0.5) is 18.9 Å². The minimum Gasteiger partial charge on any atom is -0.333 e. The third kappa shape index (κ3) is 8.72. The number of Topliss-reactive ketones (excluding diaryl/α,β-unsaturated/α-hetero) is 1. The molecule has 46 heavy (non-hydrogen) atoms. The molecule has 0 bridgehead atoms. The van der Waals surface area contributed by atoms with E-state index in [0.29, 0.717) is 34.9 Å². The molecule has 0 aliphatic rings. The second kappa shape index (κ2) is 15.4. The molecule has 3 aromatic carbocycles. The number of hydrogen-bond acceptors (Lipinski definition) is 5. The third-order valence-corrected chi connectivity index (χ3v) is 8.52. The molecule has 3 atom stereocenters. The predicted octanol–water partition coefficient (Wildman–Crippen LogP) is 7.43. The van der Waals surface area contributed by atoms with E-state index >= 15 is 0 Å². The summed E-state index contributed by atoms with van der Waals surface area (Å²) in [6, 6.07) is 21.2. The Morgan fingerprint density at radius 1 is 1.15 bits per heavy atom. The fraction of sp³-hybridized carbons (Fsp3) is 0.294. The highest BCUT2D eigenvalue weighted by atomic mass is 35.5. The van der Waals surface area contributed by atoms with Gasteiger partial charge in [0.25, 0.3) is 0 Å². The van der Waals surface area contributed by atoms with Gasteiger partial charge in [0.15, 0.2) is 5.11 Å². The molecule has 0 fully saturated rings. The van der Waals surface area contributed by atoms with Crippen LogP contribution in [0.5, 0.6) is 0 Å². The van der Waals surface area contributed by atoms with Crippen LogP contribution in [0.15, 0.2) is 85.3 Å². The number of nitrogens with zero attached hydrogens (tertiary/aromatic N) is 4. The molecule has 3 N–H and O–H groups in total. The van der Waals surface area contributed by atoms with Crippen LogP contribution in [0.25, 0.3) is 0 Å². The lowest BCUT2D eigenvalue weighted by atomic mass is 9.83. The first kappa shape index (κ1) is 34.6. The fourth-order valence-corrected chi connectivity index (χ4v) is 5.79. The van der Waals surface area contributed by atoms with Crippen molar-refractivity contribution in [1.29, 1.82) is 5.26 Å². The first-order chi connectivity index (χ1) is 21.9. The largest absolute Gasteiger partial charge is 0.416 e. The molecule has 0 spiro atoms. The Hall–Kier alpha value is -4.24. The Kier molecular flexibility index (Phi) is 11.6. The van der Waals surface area contributed by atoms with Crippen LogP contribution in [-0.4, -0.2) is 31.5 Å². The van der Waals surface area contributed by atoms with Crippen molar-refractivity contribution in [2.45, 2.75) is 52.1 Å². The van der Waals surface area contributed by atoms with E-state index in [0.717, 1.165) is 11.6 Å². The quantitative estimate of drug-likeness (QED) is 0.120. The van der Waals surface area contributed by atoms with Crippen molar-refractivity contribution in [3.63, 3.8) is 0 Å². The van der Waals surface area contributed by atoms with Crippen LogP contribution in [0.1, 0.15) is 48.2 Å². The van der Waals surface area contributed by atoms with Crippen LogP contribution < -0.4 is 11.1 Å². The molecule has 0 saturated heterocycles. The summed E-state index contributed by atoms with van der Waals surface area (Å²) >= 11 is 11.9. The highest BCUT2D eigenvalue weighted by molar-refractivity contribution is 7.80. The maximum atomic E-state index is 14.1. The second-order valence-electron chi connectivity index (χ2n) is 11.1.